The molecule has 0 amide bonds. The van der Waals surface area contributed by atoms with Crippen LogP contribution in [0.2, 0.25) is 0 Å². The molecule has 0 saturated heterocycles. The molecule has 0 radical (unpaired) electrons. The monoisotopic (exact) mass is 217 g/mol. The predicted molar refractivity (Wildman–Crippen MR) is 60.8 cm³/mol. The molecule has 7 heteroatoms. The smallest absolute Gasteiger partial charge is 0.246 e. The molecule has 0 aliphatic heterocycles. The minimum Gasteiger partial charge on any atom is -0.366 e. The second-order valence-corrected chi connectivity index (χ2v) is 3.09. The van der Waals surface area contributed by atoms with E-state index in [1.807, 2.05) is 30.3 Å². The summed E-state index contributed by atoms with van der Waals surface area (Å²) in [6, 6.07) is 9.57. The lowest BCUT2D eigenvalue weighted by atomic mass is 10.3. The fourth-order valence-electron chi connectivity index (χ4n) is 1.13. The standard InChI is InChI=1S/C9H11N7/c1-7(16-9(10)13-14-15-16)11-12-8-5-3-2-4-6-8/h2-6,12H,1H3,(H2,10,13,15)/b11-7-. The Hall–Kier alpha value is -2.44. The van der Waals surface area contributed by atoms with E-state index >= 15 is 0 Å². The number of nitrogens with zero attached hydrogens (tertiary/aromatic N) is 5. The van der Waals surface area contributed by atoms with Crippen LogP contribution in [0.15, 0.2) is 35.4 Å². The predicted octanol–water partition coefficient (Wildman–Crippen LogP) is 0.549. The van der Waals surface area contributed by atoms with Gasteiger partial charge in [0.1, 0.15) is 0 Å². The third-order valence-corrected chi connectivity index (χ3v) is 1.92. The Balaban J connectivity index is 2.12. The highest BCUT2D eigenvalue weighted by Crippen LogP contribution is 2.04. The van der Waals surface area contributed by atoms with Crippen LogP contribution >= 0.6 is 0 Å². The summed E-state index contributed by atoms with van der Waals surface area (Å²) in [5.41, 5.74) is 9.29. The van der Waals surface area contributed by atoms with Gasteiger partial charge in [-0.2, -0.15) is 9.78 Å². The summed E-state index contributed by atoms with van der Waals surface area (Å²) < 4.78 is 1.34. The number of aromatic nitrogens is 4. The Kier molecular flexibility index (Phi) is 2.77. The number of nitrogens with one attached hydrogen (secondary N) is 1. The maximum Gasteiger partial charge on any atom is 0.246 e. The van der Waals surface area contributed by atoms with E-state index < -0.39 is 0 Å². The molecule has 2 aromatic rings. The second kappa shape index (κ2) is 4.39. The van der Waals surface area contributed by atoms with Crippen molar-refractivity contribution in [1.82, 2.24) is 20.2 Å². The van der Waals surface area contributed by atoms with E-state index in [2.05, 4.69) is 26.1 Å². The summed E-state index contributed by atoms with van der Waals surface area (Å²) in [4.78, 5) is 0. The molecule has 1 aromatic heterocycles. The number of hydrogen-bond acceptors (Lipinski definition) is 6. The zero-order valence-corrected chi connectivity index (χ0v) is 8.70. The summed E-state index contributed by atoms with van der Waals surface area (Å²) in [5, 5.41) is 14.8. The molecule has 0 aliphatic rings. The van der Waals surface area contributed by atoms with E-state index in [0.29, 0.717) is 5.84 Å². The summed E-state index contributed by atoms with van der Waals surface area (Å²) >= 11 is 0. The number of benzene rings is 1. The Morgan fingerprint density at radius 1 is 1.38 bits per heavy atom. The van der Waals surface area contributed by atoms with Crippen LogP contribution in [0.5, 0.6) is 0 Å². The number of hydrazone groups is 1. The van der Waals surface area contributed by atoms with E-state index in [0.717, 1.165) is 5.69 Å². The minimum atomic E-state index is 0.205. The first kappa shape index (κ1) is 10.1. The highest BCUT2D eigenvalue weighted by atomic mass is 15.6. The van der Waals surface area contributed by atoms with Gasteiger partial charge in [-0.3, -0.25) is 5.43 Å². The van der Waals surface area contributed by atoms with Gasteiger partial charge in [0.15, 0.2) is 5.84 Å². The van der Waals surface area contributed by atoms with E-state index in [9.17, 15) is 0 Å². The highest BCUT2D eigenvalue weighted by Gasteiger charge is 2.03. The average Bonchev–Trinajstić information content (AvgIpc) is 2.74. The Labute approximate surface area is 92.0 Å². The molecule has 0 spiro atoms. The molecule has 7 nitrogen and oxygen atoms in total. The first-order valence-electron chi connectivity index (χ1n) is 4.67. The third kappa shape index (κ3) is 2.14. The van der Waals surface area contributed by atoms with Crippen molar-refractivity contribution in [1.29, 1.82) is 0 Å². The molecule has 16 heavy (non-hydrogen) atoms. The molecule has 1 aromatic carbocycles. The van der Waals surface area contributed by atoms with Gasteiger partial charge in [-0.1, -0.05) is 23.3 Å². The largest absolute Gasteiger partial charge is 0.366 e. The van der Waals surface area contributed by atoms with Crippen LogP contribution in [0.3, 0.4) is 0 Å². The summed E-state index contributed by atoms with van der Waals surface area (Å²) in [7, 11) is 0. The number of nitrogens with two attached hydrogens (primary N) is 1. The lowest BCUT2D eigenvalue weighted by Crippen LogP contribution is -2.14. The quantitative estimate of drug-likeness (QED) is 0.435. The van der Waals surface area contributed by atoms with Gasteiger partial charge in [0, 0.05) is 0 Å². The van der Waals surface area contributed by atoms with Gasteiger partial charge >= 0.3 is 0 Å². The zero-order valence-electron chi connectivity index (χ0n) is 8.70. The van der Waals surface area contributed by atoms with Gasteiger partial charge in [-0.25, -0.2) is 0 Å². The first-order chi connectivity index (χ1) is 7.77. The van der Waals surface area contributed by atoms with Crippen molar-refractivity contribution >= 4 is 17.5 Å². The summed E-state index contributed by atoms with van der Waals surface area (Å²) in [6.45, 7) is 1.75. The van der Waals surface area contributed by atoms with Crippen LogP contribution in [-0.4, -0.2) is 26.0 Å². The maximum atomic E-state index is 5.53. The van der Waals surface area contributed by atoms with Crippen LogP contribution in [0.4, 0.5) is 11.6 Å². The number of nitrogen functional groups attached to an aromatic ring is 1. The zero-order chi connectivity index (χ0) is 11.4. The Morgan fingerprint density at radius 3 is 2.75 bits per heavy atom. The van der Waals surface area contributed by atoms with Gasteiger partial charge in [-0.05, 0) is 29.5 Å². The lowest BCUT2D eigenvalue weighted by molar-refractivity contribution is 0.816. The average molecular weight is 217 g/mol. The molecule has 0 aliphatic carbocycles. The molecule has 0 fully saturated rings. The van der Waals surface area contributed by atoms with E-state index in [-0.39, 0.29) is 5.95 Å². The van der Waals surface area contributed by atoms with Crippen molar-refractivity contribution in [3.8, 4) is 0 Å². The van der Waals surface area contributed by atoms with Crippen molar-refractivity contribution < 1.29 is 0 Å². The normalized spacial score (nSPS) is 11.4. The Bertz CT molecular complexity index is 488. The molecule has 0 atom stereocenters. The summed E-state index contributed by atoms with van der Waals surface area (Å²) in [6.07, 6.45) is 0. The van der Waals surface area contributed by atoms with Crippen molar-refractivity contribution in [2.75, 3.05) is 11.2 Å². The van der Waals surface area contributed by atoms with E-state index in [4.69, 9.17) is 5.73 Å². The van der Waals surface area contributed by atoms with Gasteiger partial charge < -0.3 is 5.73 Å². The van der Waals surface area contributed by atoms with Crippen LogP contribution in [0, 0.1) is 0 Å². The van der Waals surface area contributed by atoms with Crippen LogP contribution in [0.25, 0.3) is 0 Å². The van der Waals surface area contributed by atoms with Crippen LogP contribution in [0.1, 0.15) is 6.92 Å². The van der Waals surface area contributed by atoms with Crippen molar-refractivity contribution in [3.63, 3.8) is 0 Å². The molecule has 0 saturated carbocycles. The number of para-hydroxylation sites is 1. The van der Waals surface area contributed by atoms with E-state index in [1.54, 1.807) is 6.92 Å². The van der Waals surface area contributed by atoms with E-state index in [1.165, 1.54) is 4.68 Å². The molecule has 0 unspecified atom stereocenters. The second-order valence-electron chi connectivity index (χ2n) is 3.09. The van der Waals surface area contributed by atoms with Gasteiger partial charge in [0.05, 0.1) is 5.69 Å². The minimum absolute atomic E-state index is 0.205. The molecule has 82 valence electrons. The van der Waals surface area contributed by atoms with Crippen LogP contribution < -0.4 is 11.2 Å². The maximum absolute atomic E-state index is 5.53. The highest BCUT2D eigenvalue weighted by molar-refractivity contribution is 5.83. The molecule has 2 rings (SSSR count). The van der Waals surface area contributed by atoms with Crippen LogP contribution in [-0.2, 0) is 0 Å². The summed E-state index contributed by atoms with van der Waals surface area (Å²) in [5.74, 6) is 0.766. The fourth-order valence-corrected chi connectivity index (χ4v) is 1.13. The van der Waals surface area contributed by atoms with Gasteiger partial charge in [-0.15, -0.1) is 0 Å². The van der Waals surface area contributed by atoms with Crippen molar-refractivity contribution in [2.45, 2.75) is 6.92 Å². The lowest BCUT2D eigenvalue weighted by Gasteiger charge is -2.02. The fraction of sp³-hybridized carbons (Fsp3) is 0.111. The molecule has 3 N–H and O–H groups in total. The number of tetrazole rings is 1. The number of hydrogen-bond donors (Lipinski definition) is 2. The topological polar surface area (TPSA) is 94.0 Å². The third-order valence-electron chi connectivity index (χ3n) is 1.92. The first-order valence-corrected chi connectivity index (χ1v) is 4.67. The van der Waals surface area contributed by atoms with Gasteiger partial charge in [0.25, 0.3) is 0 Å². The number of anilines is 2. The van der Waals surface area contributed by atoms with Gasteiger partial charge in [0.2, 0.25) is 5.95 Å². The van der Waals surface area contributed by atoms with Crippen molar-refractivity contribution in [2.24, 2.45) is 5.10 Å². The number of rotatable bonds is 2. The molecular weight excluding hydrogens is 206 g/mol. The Morgan fingerprint density at radius 2 is 2.12 bits per heavy atom. The molecular formula is C9H11N7. The van der Waals surface area contributed by atoms with Crippen molar-refractivity contribution in [3.05, 3.63) is 30.3 Å². The molecule has 0 bridgehead atoms. The molecule has 1 heterocycles. The SMILES string of the molecule is C/C(=N/Nc1ccccc1)n1nnnc1N.